The Labute approximate surface area is 117 Å². The van der Waals surface area contributed by atoms with Crippen LogP contribution in [0.25, 0.3) is 0 Å². The average Bonchev–Trinajstić information content (AvgIpc) is 2.48. The van der Waals surface area contributed by atoms with E-state index in [0.29, 0.717) is 30.6 Å². The number of likely N-dealkylation sites (tertiary alicyclic amines) is 1. The zero-order valence-corrected chi connectivity index (χ0v) is 11.4. The Morgan fingerprint density at radius 1 is 1.45 bits per heavy atom. The van der Waals surface area contributed by atoms with E-state index >= 15 is 0 Å². The molecule has 0 radical (unpaired) electrons. The normalized spacial score (nSPS) is 23.7. The summed E-state index contributed by atoms with van der Waals surface area (Å²) in [6, 6.07) is 6.68. The van der Waals surface area contributed by atoms with Crippen LogP contribution in [0.2, 0.25) is 0 Å². The van der Waals surface area contributed by atoms with Crippen LogP contribution in [0.5, 0.6) is 0 Å². The molecule has 0 aromatic heterocycles. The van der Waals surface area contributed by atoms with Crippen molar-refractivity contribution in [3.63, 3.8) is 0 Å². The number of nitrogens with two attached hydrogens (primary N) is 1. The van der Waals surface area contributed by atoms with Gasteiger partial charge in [0.2, 0.25) is 0 Å². The van der Waals surface area contributed by atoms with Crippen LogP contribution in [0.4, 0.5) is 0 Å². The standard InChI is InChI=1S/C14H19N3O3/c1-9-8-17(6-5-12(9)18)14(19)11-4-2-3-10(7-11)13(15)16-20/h2-4,7,9,12,18,20H,5-6,8H2,1H3,(H2,15,16). The van der Waals surface area contributed by atoms with E-state index in [4.69, 9.17) is 10.9 Å². The number of rotatable bonds is 2. The first-order valence-corrected chi connectivity index (χ1v) is 6.58. The molecule has 6 nitrogen and oxygen atoms in total. The Morgan fingerprint density at radius 2 is 2.15 bits per heavy atom. The van der Waals surface area contributed by atoms with Crippen LogP contribution in [-0.2, 0) is 0 Å². The fraction of sp³-hybridized carbons (Fsp3) is 0.429. The Morgan fingerprint density at radius 3 is 2.80 bits per heavy atom. The first-order chi connectivity index (χ1) is 9.52. The molecule has 0 spiro atoms. The lowest BCUT2D eigenvalue weighted by molar-refractivity contribution is 0.0297. The molecule has 1 aliphatic rings. The van der Waals surface area contributed by atoms with Gasteiger partial charge < -0.3 is 20.9 Å². The van der Waals surface area contributed by atoms with Gasteiger partial charge >= 0.3 is 0 Å². The lowest BCUT2D eigenvalue weighted by atomic mass is 9.96. The molecule has 1 aromatic carbocycles. The Balaban J connectivity index is 2.17. The third-order valence-electron chi connectivity index (χ3n) is 3.66. The van der Waals surface area contributed by atoms with Crippen molar-refractivity contribution in [2.75, 3.05) is 13.1 Å². The fourth-order valence-corrected chi connectivity index (χ4v) is 2.37. The number of hydrogen-bond acceptors (Lipinski definition) is 4. The molecule has 1 saturated heterocycles. The van der Waals surface area contributed by atoms with Crippen molar-refractivity contribution < 1.29 is 15.1 Å². The van der Waals surface area contributed by atoms with E-state index in [9.17, 15) is 9.90 Å². The molecule has 1 heterocycles. The molecule has 2 atom stereocenters. The van der Waals surface area contributed by atoms with Gasteiger partial charge in [0.25, 0.3) is 5.91 Å². The van der Waals surface area contributed by atoms with Gasteiger partial charge in [0.15, 0.2) is 5.84 Å². The highest BCUT2D eigenvalue weighted by atomic mass is 16.4. The minimum absolute atomic E-state index is 0.0258. The number of carbonyl (C=O) groups excluding carboxylic acids is 1. The summed E-state index contributed by atoms with van der Waals surface area (Å²) in [5.74, 6) is -0.0571. The molecule has 1 aliphatic heterocycles. The number of nitrogens with zero attached hydrogens (tertiary/aromatic N) is 2. The molecular formula is C14H19N3O3. The molecule has 0 saturated carbocycles. The molecule has 0 bridgehead atoms. The zero-order chi connectivity index (χ0) is 14.7. The van der Waals surface area contributed by atoms with Gasteiger partial charge in [-0.3, -0.25) is 4.79 Å². The second-order valence-electron chi connectivity index (χ2n) is 5.15. The van der Waals surface area contributed by atoms with Gasteiger partial charge in [0.05, 0.1) is 6.10 Å². The topological polar surface area (TPSA) is 99.2 Å². The number of carbonyl (C=O) groups is 1. The van der Waals surface area contributed by atoms with E-state index in [1.807, 2.05) is 6.92 Å². The van der Waals surface area contributed by atoms with Crippen molar-refractivity contribution in [3.8, 4) is 0 Å². The molecule has 4 N–H and O–H groups in total. The van der Waals surface area contributed by atoms with Gasteiger partial charge in [-0.2, -0.15) is 0 Å². The number of piperidine rings is 1. The van der Waals surface area contributed by atoms with E-state index < -0.39 is 0 Å². The van der Waals surface area contributed by atoms with Crippen molar-refractivity contribution in [2.24, 2.45) is 16.8 Å². The van der Waals surface area contributed by atoms with Crippen LogP contribution in [-0.4, -0.2) is 46.1 Å². The molecule has 2 rings (SSSR count). The van der Waals surface area contributed by atoms with Crippen LogP contribution in [0, 0.1) is 5.92 Å². The summed E-state index contributed by atoms with van der Waals surface area (Å²) in [6.45, 7) is 3.00. The van der Waals surface area contributed by atoms with E-state index in [2.05, 4.69) is 5.16 Å². The van der Waals surface area contributed by atoms with Gasteiger partial charge in [-0.05, 0) is 24.5 Å². The van der Waals surface area contributed by atoms with Crippen LogP contribution in [0.3, 0.4) is 0 Å². The second-order valence-corrected chi connectivity index (χ2v) is 5.15. The minimum Gasteiger partial charge on any atom is -0.409 e. The van der Waals surface area contributed by atoms with Crippen LogP contribution in [0.1, 0.15) is 29.3 Å². The first kappa shape index (κ1) is 14.3. The molecule has 2 unspecified atom stereocenters. The minimum atomic E-state index is -0.345. The van der Waals surface area contributed by atoms with E-state index in [1.54, 1.807) is 29.2 Å². The third kappa shape index (κ3) is 2.91. The summed E-state index contributed by atoms with van der Waals surface area (Å²) >= 11 is 0. The molecule has 0 aliphatic carbocycles. The maximum Gasteiger partial charge on any atom is 0.253 e. The summed E-state index contributed by atoms with van der Waals surface area (Å²) in [7, 11) is 0. The summed E-state index contributed by atoms with van der Waals surface area (Å²) in [5.41, 5.74) is 6.53. The molecule has 6 heteroatoms. The Hall–Kier alpha value is -2.08. The van der Waals surface area contributed by atoms with Gasteiger partial charge in [0.1, 0.15) is 0 Å². The summed E-state index contributed by atoms with van der Waals surface area (Å²) in [6.07, 6.45) is 0.245. The molecule has 1 amide bonds. The lowest BCUT2D eigenvalue weighted by Gasteiger charge is -2.34. The van der Waals surface area contributed by atoms with E-state index in [1.165, 1.54) is 0 Å². The summed E-state index contributed by atoms with van der Waals surface area (Å²) in [5, 5.41) is 21.3. The number of aliphatic hydroxyl groups is 1. The largest absolute Gasteiger partial charge is 0.409 e. The Kier molecular flexibility index (Phi) is 4.24. The van der Waals surface area contributed by atoms with Crippen molar-refractivity contribution in [2.45, 2.75) is 19.4 Å². The van der Waals surface area contributed by atoms with Gasteiger partial charge in [-0.15, -0.1) is 0 Å². The third-order valence-corrected chi connectivity index (χ3v) is 3.66. The monoisotopic (exact) mass is 277 g/mol. The smallest absolute Gasteiger partial charge is 0.253 e. The number of benzene rings is 1. The lowest BCUT2D eigenvalue weighted by Crippen LogP contribution is -2.45. The van der Waals surface area contributed by atoms with Gasteiger partial charge in [-0.25, -0.2) is 0 Å². The quantitative estimate of drug-likeness (QED) is 0.319. The molecule has 1 fully saturated rings. The van der Waals surface area contributed by atoms with Crippen LogP contribution < -0.4 is 5.73 Å². The summed E-state index contributed by atoms with van der Waals surface area (Å²) < 4.78 is 0. The van der Waals surface area contributed by atoms with Gasteiger partial charge in [-0.1, -0.05) is 24.2 Å². The highest BCUT2D eigenvalue weighted by Gasteiger charge is 2.27. The van der Waals surface area contributed by atoms with Crippen molar-refractivity contribution in [3.05, 3.63) is 35.4 Å². The van der Waals surface area contributed by atoms with Crippen molar-refractivity contribution in [1.29, 1.82) is 0 Å². The highest BCUT2D eigenvalue weighted by molar-refractivity contribution is 6.01. The molecule has 20 heavy (non-hydrogen) atoms. The SMILES string of the molecule is CC1CN(C(=O)c2cccc(/C(N)=N/O)c2)CCC1O. The maximum atomic E-state index is 12.4. The number of hydrogen-bond donors (Lipinski definition) is 3. The van der Waals surface area contributed by atoms with E-state index in [-0.39, 0.29) is 23.8 Å². The van der Waals surface area contributed by atoms with Gasteiger partial charge in [0, 0.05) is 24.2 Å². The van der Waals surface area contributed by atoms with E-state index in [0.717, 1.165) is 0 Å². The van der Waals surface area contributed by atoms with Crippen molar-refractivity contribution in [1.82, 2.24) is 4.90 Å². The van der Waals surface area contributed by atoms with Crippen LogP contribution >= 0.6 is 0 Å². The van der Waals surface area contributed by atoms with Crippen molar-refractivity contribution >= 4 is 11.7 Å². The van der Waals surface area contributed by atoms with Crippen LogP contribution in [0.15, 0.2) is 29.4 Å². The maximum absolute atomic E-state index is 12.4. The fourth-order valence-electron chi connectivity index (χ4n) is 2.37. The second kappa shape index (κ2) is 5.92. The number of oxime groups is 1. The Bertz CT molecular complexity index is 530. The molecule has 1 aromatic rings. The molecular weight excluding hydrogens is 258 g/mol. The number of amides is 1. The summed E-state index contributed by atoms with van der Waals surface area (Å²) in [4.78, 5) is 14.1. The zero-order valence-electron chi connectivity index (χ0n) is 11.4. The highest BCUT2D eigenvalue weighted by Crippen LogP contribution is 2.19. The number of amidine groups is 1. The first-order valence-electron chi connectivity index (χ1n) is 6.58. The average molecular weight is 277 g/mol. The number of aliphatic hydroxyl groups excluding tert-OH is 1. The predicted molar refractivity (Wildman–Crippen MR) is 74.6 cm³/mol. The predicted octanol–water partition coefficient (Wildman–Crippen LogP) is 0.624. The molecule has 108 valence electrons.